The Morgan fingerprint density at radius 1 is 1.07 bits per heavy atom. The molecule has 29 heavy (non-hydrogen) atoms. The van der Waals surface area contributed by atoms with Crippen LogP contribution in [0.25, 0.3) is 17.1 Å². The van der Waals surface area contributed by atoms with Crippen LogP contribution >= 0.6 is 11.3 Å². The highest BCUT2D eigenvalue weighted by molar-refractivity contribution is 7.17. The highest BCUT2D eigenvalue weighted by Crippen LogP contribution is 2.30. The Kier molecular flexibility index (Phi) is 5.06. The molecule has 0 fully saturated rings. The Labute approximate surface area is 168 Å². The number of benzene rings is 2. The van der Waals surface area contributed by atoms with E-state index < -0.39 is 11.7 Å². The van der Waals surface area contributed by atoms with E-state index in [1.165, 1.54) is 17.4 Å². The molecule has 148 valence electrons. The molecule has 9 heteroatoms. The summed E-state index contributed by atoms with van der Waals surface area (Å²) in [5, 5.41) is 13.4. The fourth-order valence-corrected chi connectivity index (χ4v) is 3.52. The van der Waals surface area contributed by atoms with Gasteiger partial charge in [0, 0.05) is 6.42 Å². The molecular formula is C20H15F3N4OS. The molecule has 2 aromatic carbocycles. The summed E-state index contributed by atoms with van der Waals surface area (Å²) in [5.74, 6) is 1.45. The third-order valence-electron chi connectivity index (χ3n) is 4.22. The number of hydrogen-bond acceptors (Lipinski definition) is 5. The smallest absolute Gasteiger partial charge is 0.416 e. The number of ether oxygens (including phenoxy) is 1. The molecule has 0 saturated heterocycles. The molecule has 0 amide bonds. The zero-order chi connectivity index (χ0) is 20.4. The normalized spacial score (nSPS) is 12.1. The lowest BCUT2D eigenvalue weighted by molar-refractivity contribution is -0.137. The summed E-state index contributed by atoms with van der Waals surface area (Å²) in [5.41, 5.74) is 0.804. The van der Waals surface area contributed by atoms with Crippen molar-refractivity contribution in [3.05, 3.63) is 76.1 Å². The third-order valence-corrected chi connectivity index (χ3v) is 5.09. The highest BCUT2D eigenvalue weighted by atomic mass is 32.1. The van der Waals surface area contributed by atoms with Crippen LogP contribution in [0, 0.1) is 0 Å². The first-order valence-corrected chi connectivity index (χ1v) is 9.43. The van der Waals surface area contributed by atoms with Gasteiger partial charge in [0.2, 0.25) is 4.96 Å². The van der Waals surface area contributed by atoms with Gasteiger partial charge in [0.25, 0.3) is 0 Å². The number of fused-ring (bicyclic) bond motifs is 1. The fourth-order valence-electron chi connectivity index (χ4n) is 2.76. The summed E-state index contributed by atoms with van der Waals surface area (Å²) in [6.45, 7) is 0. The molecule has 0 saturated carbocycles. The van der Waals surface area contributed by atoms with Crippen molar-refractivity contribution >= 4 is 28.4 Å². The molecular weight excluding hydrogens is 401 g/mol. The van der Waals surface area contributed by atoms with Gasteiger partial charge in [-0.2, -0.15) is 22.8 Å². The van der Waals surface area contributed by atoms with Crippen molar-refractivity contribution in [2.24, 2.45) is 0 Å². The zero-order valence-corrected chi connectivity index (χ0v) is 16.0. The summed E-state index contributed by atoms with van der Waals surface area (Å²) < 4.78 is 45.3. The zero-order valence-electron chi connectivity index (χ0n) is 15.2. The lowest BCUT2D eigenvalue weighted by Crippen LogP contribution is -2.04. The van der Waals surface area contributed by atoms with Crippen LogP contribution in [0.15, 0.2) is 48.5 Å². The minimum absolute atomic E-state index is 0.448. The Bertz CT molecular complexity index is 1160. The molecule has 5 nitrogen and oxygen atoms in total. The molecule has 2 heterocycles. The van der Waals surface area contributed by atoms with Crippen LogP contribution in [0.5, 0.6) is 5.75 Å². The van der Waals surface area contributed by atoms with E-state index in [1.54, 1.807) is 29.8 Å². The quantitative estimate of drug-likeness (QED) is 0.461. The minimum Gasteiger partial charge on any atom is -0.497 e. The molecule has 0 radical (unpaired) electrons. The van der Waals surface area contributed by atoms with E-state index in [0.29, 0.717) is 27.8 Å². The number of hydrogen-bond donors (Lipinski definition) is 0. The van der Waals surface area contributed by atoms with Gasteiger partial charge in [-0.1, -0.05) is 41.7 Å². The van der Waals surface area contributed by atoms with Crippen molar-refractivity contribution in [3.63, 3.8) is 0 Å². The van der Waals surface area contributed by atoms with E-state index in [1.807, 2.05) is 24.3 Å². The largest absolute Gasteiger partial charge is 0.497 e. The second kappa shape index (κ2) is 7.67. The summed E-state index contributed by atoms with van der Waals surface area (Å²) in [6.07, 6.45) is -0.546. The Morgan fingerprint density at radius 2 is 1.86 bits per heavy atom. The minimum atomic E-state index is -4.37. The van der Waals surface area contributed by atoms with Gasteiger partial charge >= 0.3 is 6.18 Å². The van der Waals surface area contributed by atoms with Crippen molar-refractivity contribution in [1.82, 2.24) is 19.8 Å². The maximum Gasteiger partial charge on any atom is 0.416 e. The molecule has 0 aliphatic rings. The topological polar surface area (TPSA) is 52.3 Å². The predicted molar refractivity (Wildman–Crippen MR) is 105 cm³/mol. The summed E-state index contributed by atoms with van der Waals surface area (Å²) in [7, 11) is 1.61. The van der Waals surface area contributed by atoms with Gasteiger partial charge in [-0.3, -0.25) is 0 Å². The van der Waals surface area contributed by atoms with E-state index in [0.717, 1.165) is 23.4 Å². The standard InChI is InChI=1S/C20H15F3N4OS/c1-28-16-8-5-14(6-9-16)12-17-24-25-19-27(17)26-18(29-19)10-7-13-3-2-4-15(11-13)20(21,22)23/h2-11H,12H2,1H3/b10-7+. The molecule has 0 N–H and O–H groups in total. The van der Waals surface area contributed by atoms with Gasteiger partial charge in [0.05, 0.1) is 12.7 Å². The molecule has 0 aliphatic carbocycles. The van der Waals surface area contributed by atoms with Gasteiger partial charge in [0.1, 0.15) is 10.8 Å². The third kappa shape index (κ3) is 4.29. The SMILES string of the molecule is COc1ccc(Cc2nnc3sc(/C=C/c4cccc(C(F)(F)F)c4)nn23)cc1. The van der Waals surface area contributed by atoms with Crippen LogP contribution in [0.3, 0.4) is 0 Å². The molecule has 0 spiro atoms. The summed E-state index contributed by atoms with van der Waals surface area (Å²) in [6, 6.07) is 12.8. The van der Waals surface area contributed by atoms with Gasteiger partial charge < -0.3 is 4.74 Å². The van der Waals surface area contributed by atoms with E-state index in [2.05, 4.69) is 15.3 Å². The molecule has 4 aromatic rings. The van der Waals surface area contributed by atoms with Gasteiger partial charge in [-0.05, 0) is 41.5 Å². The maximum atomic E-state index is 12.8. The fraction of sp³-hybridized carbons (Fsp3) is 0.150. The molecule has 0 unspecified atom stereocenters. The van der Waals surface area contributed by atoms with Crippen LogP contribution < -0.4 is 4.74 Å². The van der Waals surface area contributed by atoms with E-state index in [9.17, 15) is 13.2 Å². The number of alkyl halides is 3. The van der Waals surface area contributed by atoms with Gasteiger partial charge in [0.15, 0.2) is 5.82 Å². The van der Waals surface area contributed by atoms with Crippen LogP contribution in [-0.2, 0) is 12.6 Å². The Hall–Kier alpha value is -3.20. The van der Waals surface area contributed by atoms with E-state index >= 15 is 0 Å². The van der Waals surface area contributed by atoms with Gasteiger partial charge in [-0.25, -0.2) is 0 Å². The first kappa shape index (κ1) is 19.1. The molecule has 0 aliphatic heterocycles. The first-order chi connectivity index (χ1) is 13.9. The van der Waals surface area contributed by atoms with Crippen LogP contribution in [0.1, 0.15) is 27.5 Å². The average molecular weight is 416 g/mol. The second-order valence-electron chi connectivity index (χ2n) is 6.23. The predicted octanol–water partition coefficient (Wildman–Crippen LogP) is 4.97. The van der Waals surface area contributed by atoms with Crippen molar-refractivity contribution in [3.8, 4) is 5.75 Å². The molecule has 0 atom stereocenters. The maximum absolute atomic E-state index is 12.8. The van der Waals surface area contributed by atoms with Crippen molar-refractivity contribution in [2.45, 2.75) is 12.6 Å². The Balaban J connectivity index is 1.55. The number of aromatic nitrogens is 4. The molecule has 2 aromatic heterocycles. The summed E-state index contributed by atoms with van der Waals surface area (Å²) in [4.78, 5) is 0.622. The number of methoxy groups -OCH3 is 1. The Morgan fingerprint density at radius 3 is 2.59 bits per heavy atom. The summed E-state index contributed by atoms with van der Waals surface area (Å²) >= 11 is 1.31. The lowest BCUT2D eigenvalue weighted by atomic mass is 10.1. The van der Waals surface area contributed by atoms with Crippen molar-refractivity contribution in [1.29, 1.82) is 0 Å². The van der Waals surface area contributed by atoms with Crippen LogP contribution in [-0.4, -0.2) is 26.9 Å². The number of nitrogens with zero attached hydrogens (tertiary/aromatic N) is 4. The van der Waals surface area contributed by atoms with Crippen LogP contribution in [0.4, 0.5) is 13.2 Å². The van der Waals surface area contributed by atoms with E-state index in [4.69, 9.17) is 4.74 Å². The number of halogens is 3. The monoisotopic (exact) mass is 416 g/mol. The molecule has 0 bridgehead atoms. The highest BCUT2D eigenvalue weighted by Gasteiger charge is 2.30. The second-order valence-corrected chi connectivity index (χ2v) is 7.22. The number of rotatable bonds is 5. The average Bonchev–Trinajstić information content (AvgIpc) is 3.28. The first-order valence-electron chi connectivity index (χ1n) is 8.62. The lowest BCUT2D eigenvalue weighted by Gasteiger charge is -2.06. The van der Waals surface area contributed by atoms with Crippen molar-refractivity contribution in [2.75, 3.05) is 7.11 Å². The van der Waals surface area contributed by atoms with E-state index in [-0.39, 0.29) is 0 Å². The van der Waals surface area contributed by atoms with Crippen molar-refractivity contribution < 1.29 is 17.9 Å². The van der Waals surface area contributed by atoms with Crippen LogP contribution in [0.2, 0.25) is 0 Å². The molecule has 4 rings (SSSR count). The van der Waals surface area contributed by atoms with Gasteiger partial charge in [-0.15, -0.1) is 10.2 Å².